The fraction of sp³-hybridized carbons (Fsp3) is 0.452. The number of phenolic OH excluding ortho intramolecular Hbond substituents is 2. The fourth-order valence-corrected chi connectivity index (χ4v) is 9.43. The molecular weight excluding hydrogens is 727 g/mol. The highest BCUT2D eigenvalue weighted by molar-refractivity contribution is 8.00. The highest BCUT2D eigenvalue weighted by Gasteiger charge is 2.57. The molecule has 0 aliphatic carbocycles. The van der Waals surface area contributed by atoms with Crippen molar-refractivity contribution in [3.8, 4) is 11.5 Å². The summed E-state index contributed by atoms with van der Waals surface area (Å²) in [6, 6.07) is 1.48. The highest BCUT2D eigenvalue weighted by Crippen LogP contribution is 2.45. The summed E-state index contributed by atoms with van der Waals surface area (Å²) in [5.41, 5.74) is 3.70. The Hall–Kier alpha value is -4.66. The summed E-state index contributed by atoms with van der Waals surface area (Å²) in [4.78, 5) is 75.0. The van der Waals surface area contributed by atoms with E-state index in [1.165, 1.54) is 59.6 Å². The standard InChI is InChI=1S/C31H35N7O10S3/c1-14-16(12-38(7-4-5-8-38)9-6-36-25(42)15-10-18(39)19(40)11-20(15)51-36)23(28(44)45)37-26(43)22(27(37)50-14)34-24(41)21(17-13-49-30(32)33-17)35-48-31(2,3)29(46)47/h10-11,13-14,22,27H,4-9,12H2,1-3H3,(H6-,32,33,34,35,39,40,41,42,44,45,46,47)/p+1/t14-,22+,27+/m0/s1. The first-order chi connectivity index (χ1) is 24.0. The van der Waals surface area contributed by atoms with Crippen LogP contribution in [-0.2, 0) is 30.6 Å². The van der Waals surface area contributed by atoms with Gasteiger partial charge in [0, 0.05) is 35.1 Å². The quantitative estimate of drug-likeness (QED) is 0.0505. The Morgan fingerprint density at radius 2 is 1.84 bits per heavy atom. The molecule has 2 fully saturated rings. The van der Waals surface area contributed by atoms with Gasteiger partial charge in [0.25, 0.3) is 17.4 Å². The Balaban J connectivity index is 1.23. The number of aromatic hydroxyl groups is 2. The molecule has 6 rings (SSSR count). The molecule has 2 aromatic heterocycles. The van der Waals surface area contributed by atoms with Gasteiger partial charge in [0.1, 0.15) is 29.4 Å². The topological polar surface area (TPSA) is 247 Å². The Labute approximate surface area is 302 Å². The number of thiazole rings is 1. The van der Waals surface area contributed by atoms with Crippen LogP contribution in [-0.4, -0.2) is 117 Å². The lowest BCUT2D eigenvalue weighted by Crippen LogP contribution is -2.71. The monoisotopic (exact) mass is 762 g/mol. The van der Waals surface area contributed by atoms with E-state index in [0.717, 1.165) is 37.3 Å². The van der Waals surface area contributed by atoms with Crippen molar-refractivity contribution in [3.05, 3.63) is 44.8 Å². The normalized spacial score (nSPS) is 21.8. The summed E-state index contributed by atoms with van der Waals surface area (Å²) < 4.78 is 2.61. The third kappa shape index (κ3) is 6.75. The van der Waals surface area contributed by atoms with Gasteiger partial charge in [-0.1, -0.05) is 16.7 Å². The molecular formula is C31H36N7O10S3+. The van der Waals surface area contributed by atoms with Gasteiger partial charge in [-0.25, -0.2) is 14.6 Å². The molecule has 0 bridgehead atoms. The lowest BCUT2D eigenvalue weighted by atomic mass is 9.99. The SMILES string of the molecule is C[C@@H]1S[C@@H]2[C@H](NC(=O)/C(=N\OC(C)(C)C(=O)O)c3csc(N)n3)C(=O)N2C(C(=O)O)=C1C[N+]1(CCn2sc3cc(O)c(O)cc3c2=O)CCCC1. The van der Waals surface area contributed by atoms with Crippen LogP contribution >= 0.6 is 34.6 Å². The number of aliphatic carboxylic acids is 2. The van der Waals surface area contributed by atoms with E-state index in [0.29, 0.717) is 39.8 Å². The van der Waals surface area contributed by atoms with E-state index >= 15 is 0 Å². The third-order valence-corrected chi connectivity index (χ3v) is 12.5. The number of anilines is 1. The van der Waals surface area contributed by atoms with Crippen molar-refractivity contribution in [2.75, 3.05) is 31.9 Å². The Kier molecular flexibility index (Phi) is 9.55. The number of nitrogens with zero attached hydrogens (tertiary/aromatic N) is 5. The van der Waals surface area contributed by atoms with Gasteiger partial charge in [-0.3, -0.25) is 23.2 Å². The van der Waals surface area contributed by atoms with Gasteiger partial charge in [0.05, 0.1) is 36.3 Å². The van der Waals surface area contributed by atoms with Crippen LogP contribution in [0.15, 0.2) is 38.7 Å². The second-order valence-corrected chi connectivity index (χ2v) is 16.6. The maximum absolute atomic E-state index is 13.6. The number of benzene rings is 1. The summed E-state index contributed by atoms with van der Waals surface area (Å²) in [6.07, 6.45) is 1.81. The first kappa shape index (κ1) is 36.1. The number of thioether (sulfide) groups is 1. The number of amides is 2. The number of carboxylic acid groups (broad SMARTS) is 2. The van der Waals surface area contributed by atoms with Gasteiger partial charge in [0.15, 0.2) is 22.3 Å². The Morgan fingerprint density at radius 1 is 1.16 bits per heavy atom. The number of β-lactam (4-membered cyclic amide) rings is 1. The predicted octanol–water partition coefficient (Wildman–Crippen LogP) is 1.53. The minimum atomic E-state index is -1.79. The minimum Gasteiger partial charge on any atom is -0.504 e. The number of nitrogen functional groups attached to an aromatic ring is 1. The first-order valence-corrected chi connectivity index (χ1v) is 18.5. The van der Waals surface area contributed by atoms with Crippen LogP contribution in [0.3, 0.4) is 0 Å². The highest BCUT2D eigenvalue weighted by atomic mass is 32.2. The molecule has 51 heavy (non-hydrogen) atoms. The minimum absolute atomic E-state index is 0.00623. The molecule has 3 atom stereocenters. The van der Waals surface area contributed by atoms with Gasteiger partial charge < -0.3 is 40.8 Å². The van der Waals surface area contributed by atoms with Crippen molar-refractivity contribution < 1.29 is 48.9 Å². The van der Waals surface area contributed by atoms with Crippen molar-refractivity contribution in [2.24, 2.45) is 5.16 Å². The number of nitrogens with two attached hydrogens (primary N) is 1. The van der Waals surface area contributed by atoms with E-state index in [1.54, 1.807) is 3.96 Å². The Bertz CT molecular complexity index is 2060. The zero-order chi connectivity index (χ0) is 37.0. The van der Waals surface area contributed by atoms with Gasteiger partial charge in [0.2, 0.25) is 5.60 Å². The number of carbonyl (C=O) groups excluding carboxylic acids is 2. The molecule has 3 aliphatic heterocycles. The summed E-state index contributed by atoms with van der Waals surface area (Å²) in [5, 5.41) is 46.8. The van der Waals surface area contributed by atoms with Crippen LogP contribution < -0.4 is 16.6 Å². The maximum Gasteiger partial charge on any atom is 0.352 e. The molecule has 0 radical (unpaired) electrons. The van der Waals surface area contributed by atoms with E-state index in [1.807, 2.05) is 6.92 Å². The number of hydrogen-bond acceptors (Lipinski definition) is 14. The zero-order valence-corrected chi connectivity index (χ0v) is 30.1. The molecule has 2 saturated heterocycles. The average Bonchev–Trinajstić information content (AvgIpc) is 3.79. The molecule has 272 valence electrons. The number of carboxylic acids is 2. The number of nitrogens with one attached hydrogen (secondary N) is 1. The molecule has 5 heterocycles. The van der Waals surface area contributed by atoms with Gasteiger partial charge in [-0.2, -0.15) is 0 Å². The second kappa shape index (κ2) is 13.5. The smallest absolute Gasteiger partial charge is 0.352 e. The molecule has 3 aromatic rings. The third-order valence-electron chi connectivity index (χ3n) is 9.31. The molecule has 17 nitrogen and oxygen atoms in total. The number of hydrogen-bond donors (Lipinski definition) is 6. The number of phenols is 2. The van der Waals surface area contributed by atoms with Crippen molar-refractivity contribution in [1.29, 1.82) is 0 Å². The van der Waals surface area contributed by atoms with Crippen molar-refractivity contribution >= 4 is 79.3 Å². The number of quaternary nitrogens is 1. The lowest BCUT2D eigenvalue weighted by molar-refractivity contribution is -0.912. The van der Waals surface area contributed by atoms with Gasteiger partial charge >= 0.3 is 11.9 Å². The predicted molar refractivity (Wildman–Crippen MR) is 189 cm³/mol. The van der Waals surface area contributed by atoms with E-state index in [-0.39, 0.29) is 38.8 Å². The van der Waals surface area contributed by atoms with E-state index in [9.17, 15) is 44.4 Å². The average molecular weight is 763 g/mol. The number of rotatable bonds is 12. The molecule has 2 amide bonds. The summed E-state index contributed by atoms with van der Waals surface area (Å²) in [6.45, 7) is 7.01. The number of fused-ring (bicyclic) bond motifs is 2. The molecule has 1 aromatic carbocycles. The largest absolute Gasteiger partial charge is 0.504 e. The van der Waals surface area contributed by atoms with Crippen LogP contribution in [0.5, 0.6) is 11.5 Å². The van der Waals surface area contributed by atoms with Gasteiger partial charge in [-0.15, -0.1) is 23.1 Å². The first-order valence-electron chi connectivity index (χ1n) is 15.9. The van der Waals surface area contributed by atoms with Gasteiger partial charge in [-0.05, 0) is 26.8 Å². The number of oxime groups is 1. The number of carbonyl (C=O) groups is 4. The van der Waals surface area contributed by atoms with Crippen molar-refractivity contribution in [1.82, 2.24) is 19.2 Å². The van der Waals surface area contributed by atoms with E-state index < -0.39 is 46.5 Å². The molecule has 7 N–H and O–H groups in total. The maximum atomic E-state index is 13.6. The van der Waals surface area contributed by atoms with Crippen molar-refractivity contribution in [3.63, 3.8) is 0 Å². The van der Waals surface area contributed by atoms with Crippen LogP contribution in [0.25, 0.3) is 10.1 Å². The molecule has 0 saturated carbocycles. The van der Waals surface area contributed by atoms with E-state index in [4.69, 9.17) is 10.6 Å². The number of likely N-dealkylation sites (tertiary alicyclic amines) is 1. The Morgan fingerprint density at radius 3 is 2.47 bits per heavy atom. The number of aromatic nitrogens is 2. The molecule has 0 unspecified atom stereocenters. The van der Waals surface area contributed by atoms with Crippen LogP contribution in [0.4, 0.5) is 5.13 Å². The van der Waals surface area contributed by atoms with Crippen LogP contribution in [0.1, 0.15) is 39.3 Å². The second-order valence-electron chi connectivity index (χ2n) is 13.1. The van der Waals surface area contributed by atoms with Crippen LogP contribution in [0, 0.1) is 0 Å². The van der Waals surface area contributed by atoms with Crippen molar-refractivity contribution in [2.45, 2.75) is 62.4 Å². The van der Waals surface area contributed by atoms with Crippen LogP contribution in [0.2, 0.25) is 0 Å². The fourth-order valence-electron chi connectivity index (χ4n) is 6.44. The molecule has 3 aliphatic rings. The summed E-state index contributed by atoms with van der Waals surface area (Å²) in [5.74, 6) is -4.83. The molecule has 20 heteroatoms. The zero-order valence-electron chi connectivity index (χ0n) is 27.7. The molecule has 0 spiro atoms. The lowest BCUT2D eigenvalue weighted by Gasteiger charge is -2.51. The van der Waals surface area contributed by atoms with E-state index in [2.05, 4.69) is 15.5 Å². The summed E-state index contributed by atoms with van der Waals surface area (Å²) >= 11 is 3.53. The summed E-state index contributed by atoms with van der Waals surface area (Å²) in [7, 11) is 0.